The van der Waals surface area contributed by atoms with E-state index < -0.39 is 11.7 Å². The van der Waals surface area contributed by atoms with Gasteiger partial charge in [-0.3, -0.25) is 9.59 Å². The number of anilines is 2. The lowest BCUT2D eigenvalue weighted by Crippen LogP contribution is -2.30. The van der Waals surface area contributed by atoms with Crippen LogP contribution in [0, 0.1) is 5.82 Å². The third-order valence-corrected chi connectivity index (χ3v) is 5.78. The molecule has 146 valence electrons. The van der Waals surface area contributed by atoms with Crippen LogP contribution < -0.4 is 10.2 Å². The van der Waals surface area contributed by atoms with E-state index in [4.69, 9.17) is 0 Å². The van der Waals surface area contributed by atoms with Crippen molar-refractivity contribution in [2.45, 2.75) is 11.3 Å². The summed E-state index contributed by atoms with van der Waals surface area (Å²) in [5, 5.41) is 2.68. The van der Waals surface area contributed by atoms with Crippen molar-refractivity contribution in [3.63, 3.8) is 0 Å². The Balaban J connectivity index is 1.34. The fourth-order valence-electron chi connectivity index (χ4n) is 3.30. The van der Waals surface area contributed by atoms with Gasteiger partial charge in [-0.25, -0.2) is 4.39 Å². The highest BCUT2D eigenvalue weighted by Gasteiger charge is 2.23. The number of thioether (sulfide) groups is 1. The van der Waals surface area contributed by atoms with Crippen LogP contribution in [-0.4, -0.2) is 24.1 Å². The molecule has 0 fully saturated rings. The first-order valence-corrected chi connectivity index (χ1v) is 10.3. The third-order valence-electron chi connectivity index (χ3n) is 4.78. The quantitative estimate of drug-likeness (QED) is 0.622. The molecule has 0 atom stereocenters. The van der Waals surface area contributed by atoms with Gasteiger partial charge in [-0.1, -0.05) is 30.3 Å². The van der Waals surface area contributed by atoms with Crippen molar-refractivity contribution < 1.29 is 14.0 Å². The number of para-hydroxylation sites is 1. The van der Waals surface area contributed by atoms with E-state index >= 15 is 0 Å². The minimum atomic E-state index is -0.556. The van der Waals surface area contributed by atoms with Crippen LogP contribution in [-0.2, 0) is 11.2 Å². The number of nitrogens with one attached hydrogen (secondary N) is 1. The molecular weight excluding hydrogens is 387 g/mol. The molecule has 1 aliphatic rings. The van der Waals surface area contributed by atoms with E-state index in [1.165, 1.54) is 29.5 Å². The highest BCUT2D eigenvalue weighted by molar-refractivity contribution is 8.00. The van der Waals surface area contributed by atoms with Crippen LogP contribution in [0.4, 0.5) is 15.8 Å². The Labute approximate surface area is 172 Å². The number of rotatable bonds is 5. The number of benzene rings is 3. The molecule has 1 N–H and O–H groups in total. The normalized spacial score (nSPS) is 12.5. The summed E-state index contributed by atoms with van der Waals surface area (Å²) < 4.78 is 13.7. The van der Waals surface area contributed by atoms with Gasteiger partial charge >= 0.3 is 0 Å². The SMILES string of the molecule is O=C(Nc1ccc(SCC(=O)N2CCc3ccccc32)cc1)c1ccccc1F. The number of amides is 2. The molecule has 0 bridgehead atoms. The van der Waals surface area contributed by atoms with Crippen molar-refractivity contribution in [3.05, 3.63) is 89.7 Å². The number of nitrogens with zero attached hydrogens (tertiary/aromatic N) is 1. The number of carbonyl (C=O) groups is 2. The number of carbonyl (C=O) groups excluding carboxylic acids is 2. The maximum Gasteiger partial charge on any atom is 0.258 e. The summed E-state index contributed by atoms with van der Waals surface area (Å²) in [7, 11) is 0. The first-order chi connectivity index (χ1) is 14.1. The van der Waals surface area contributed by atoms with E-state index in [1.54, 1.807) is 24.3 Å². The molecule has 4 nitrogen and oxygen atoms in total. The number of halogens is 1. The van der Waals surface area contributed by atoms with Crippen LogP contribution in [0.2, 0.25) is 0 Å². The second-order valence-corrected chi connectivity index (χ2v) is 7.72. The van der Waals surface area contributed by atoms with Crippen LogP contribution in [0.15, 0.2) is 77.7 Å². The zero-order valence-corrected chi connectivity index (χ0v) is 16.4. The summed E-state index contributed by atoms with van der Waals surface area (Å²) in [6, 6.07) is 21.0. The predicted molar refractivity (Wildman–Crippen MR) is 114 cm³/mol. The van der Waals surface area contributed by atoms with E-state index in [0.717, 1.165) is 23.5 Å². The summed E-state index contributed by atoms with van der Waals surface area (Å²) in [4.78, 5) is 27.5. The minimum absolute atomic E-state index is 0.00226. The standard InChI is InChI=1S/C23H19FN2O2S/c24-20-7-3-2-6-19(20)23(28)25-17-9-11-18(12-10-17)29-15-22(27)26-14-13-16-5-1-4-8-21(16)26/h1-12H,13-15H2,(H,25,28). The topological polar surface area (TPSA) is 49.4 Å². The Bertz CT molecular complexity index is 1050. The minimum Gasteiger partial charge on any atom is -0.322 e. The van der Waals surface area contributed by atoms with Gasteiger partial charge in [0.1, 0.15) is 5.82 Å². The van der Waals surface area contributed by atoms with Crippen LogP contribution in [0.1, 0.15) is 15.9 Å². The van der Waals surface area contributed by atoms with Crippen LogP contribution in [0.3, 0.4) is 0 Å². The fraction of sp³-hybridized carbons (Fsp3) is 0.130. The monoisotopic (exact) mass is 406 g/mol. The van der Waals surface area contributed by atoms with Crippen LogP contribution >= 0.6 is 11.8 Å². The Morgan fingerprint density at radius 2 is 1.69 bits per heavy atom. The Kier molecular flexibility index (Phi) is 5.62. The van der Waals surface area contributed by atoms with Gasteiger partial charge in [-0.05, 0) is 54.4 Å². The first kappa shape index (κ1) is 19.2. The maximum atomic E-state index is 13.7. The second-order valence-electron chi connectivity index (χ2n) is 6.67. The molecular formula is C23H19FN2O2S. The molecule has 1 heterocycles. The number of hydrogen-bond donors (Lipinski definition) is 1. The molecule has 0 unspecified atom stereocenters. The van der Waals surface area contributed by atoms with Gasteiger partial charge < -0.3 is 10.2 Å². The van der Waals surface area contributed by atoms with E-state index in [-0.39, 0.29) is 11.5 Å². The molecule has 0 aliphatic carbocycles. The first-order valence-electron chi connectivity index (χ1n) is 9.29. The summed E-state index contributed by atoms with van der Waals surface area (Å²) >= 11 is 1.45. The molecule has 1 aliphatic heterocycles. The van der Waals surface area contributed by atoms with Crippen LogP contribution in [0.25, 0.3) is 0 Å². The highest BCUT2D eigenvalue weighted by atomic mass is 32.2. The smallest absolute Gasteiger partial charge is 0.258 e. The van der Waals surface area contributed by atoms with E-state index in [9.17, 15) is 14.0 Å². The Morgan fingerprint density at radius 3 is 2.48 bits per heavy atom. The average Bonchev–Trinajstić information content (AvgIpc) is 3.17. The molecule has 3 aromatic carbocycles. The molecule has 0 radical (unpaired) electrons. The highest BCUT2D eigenvalue weighted by Crippen LogP contribution is 2.29. The lowest BCUT2D eigenvalue weighted by molar-refractivity contribution is -0.116. The lowest BCUT2D eigenvalue weighted by Gasteiger charge is -2.17. The van der Waals surface area contributed by atoms with Crippen molar-refractivity contribution in [2.75, 3.05) is 22.5 Å². The molecule has 29 heavy (non-hydrogen) atoms. The van der Waals surface area contributed by atoms with E-state index in [0.29, 0.717) is 11.4 Å². The summed E-state index contributed by atoms with van der Waals surface area (Å²) in [5.41, 5.74) is 2.79. The number of hydrogen-bond acceptors (Lipinski definition) is 3. The van der Waals surface area contributed by atoms with E-state index in [2.05, 4.69) is 11.4 Å². The van der Waals surface area contributed by atoms with Crippen molar-refractivity contribution in [2.24, 2.45) is 0 Å². The molecule has 4 rings (SSSR count). The summed E-state index contributed by atoms with van der Waals surface area (Å²) in [6.07, 6.45) is 0.892. The number of fused-ring (bicyclic) bond motifs is 1. The summed E-state index contributed by atoms with van der Waals surface area (Å²) in [5.74, 6) is -0.627. The van der Waals surface area contributed by atoms with Gasteiger partial charge in [0.15, 0.2) is 0 Å². The second kappa shape index (κ2) is 8.49. The van der Waals surface area contributed by atoms with Crippen molar-refractivity contribution in [1.29, 1.82) is 0 Å². The van der Waals surface area contributed by atoms with Gasteiger partial charge in [0.2, 0.25) is 5.91 Å². The Hall–Kier alpha value is -3.12. The van der Waals surface area contributed by atoms with Gasteiger partial charge in [0.25, 0.3) is 5.91 Å². The Morgan fingerprint density at radius 1 is 0.966 bits per heavy atom. The third kappa shape index (κ3) is 4.32. The maximum absolute atomic E-state index is 13.7. The summed E-state index contributed by atoms with van der Waals surface area (Å²) in [6.45, 7) is 0.722. The fourth-order valence-corrected chi connectivity index (χ4v) is 4.07. The molecule has 2 amide bonds. The van der Waals surface area contributed by atoms with Gasteiger partial charge in [0.05, 0.1) is 11.3 Å². The molecule has 6 heteroatoms. The zero-order chi connectivity index (χ0) is 20.2. The van der Waals surface area contributed by atoms with Crippen molar-refractivity contribution >= 4 is 35.0 Å². The lowest BCUT2D eigenvalue weighted by atomic mass is 10.2. The van der Waals surface area contributed by atoms with Crippen molar-refractivity contribution in [3.8, 4) is 0 Å². The molecule has 0 saturated carbocycles. The average molecular weight is 406 g/mol. The van der Waals surface area contributed by atoms with Gasteiger partial charge in [0, 0.05) is 22.8 Å². The zero-order valence-electron chi connectivity index (χ0n) is 15.6. The predicted octanol–water partition coefficient (Wildman–Crippen LogP) is 4.76. The largest absolute Gasteiger partial charge is 0.322 e. The molecule has 3 aromatic rings. The van der Waals surface area contributed by atoms with Gasteiger partial charge in [-0.2, -0.15) is 0 Å². The molecule has 0 spiro atoms. The van der Waals surface area contributed by atoms with Crippen molar-refractivity contribution in [1.82, 2.24) is 0 Å². The van der Waals surface area contributed by atoms with Gasteiger partial charge in [-0.15, -0.1) is 11.8 Å². The van der Waals surface area contributed by atoms with E-state index in [1.807, 2.05) is 35.2 Å². The molecule has 0 saturated heterocycles. The van der Waals surface area contributed by atoms with Crippen LogP contribution in [0.5, 0.6) is 0 Å². The molecule has 0 aromatic heterocycles.